The molecule has 0 aliphatic heterocycles. The van der Waals surface area contributed by atoms with Crippen LogP contribution in [0.25, 0.3) is 0 Å². The van der Waals surface area contributed by atoms with Crippen molar-refractivity contribution < 1.29 is 10.2 Å². The second-order valence-electron chi connectivity index (χ2n) is 5.64. The van der Waals surface area contributed by atoms with E-state index in [4.69, 9.17) is 0 Å². The van der Waals surface area contributed by atoms with Crippen molar-refractivity contribution in [3.8, 4) is 5.75 Å². The summed E-state index contributed by atoms with van der Waals surface area (Å²) in [7, 11) is 2.00. The fourth-order valence-corrected chi connectivity index (χ4v) is 2.38. The average molecular weight is 301 g/mol. The Morgan fingerprint density at radius 3 is 2.68 bits per heavy atom. The van der Waals surface area contributed by atoms with Gasteiger partial charge in [-0.3, -0.25) is 14.9 Å². The quantitative estimate of drug-likeness (QED) is 0.854. The number of aromatic hydroxyl groups is 1. The maximum atomic E-state index is 10.2. The second kappa shape index (κ2) is 7.33. The molecule has 2 aromatic rings. The van der Waals surface area contributed by atoms with Gasteiger partial charge in [-0.25, -0.2) is 0 Å². The molecule has 0 saturated heterocycles. The summed E-state index contributed by atoms with van der Waals surface area (Å²) in [6.07, 6.45) is 4.25. The number of hydrogen-bond acceptors (Lipinski definition) is 5. The lowest BCUT2D eigenvalue weighted by molar-refractivity contribution is 0.236. The van der Waals surface area contributed by atoms with Gasteiger partial charge in [0.1, 0.15) is 5.75 Å². The number of hydrogen-bond donors (Lipinski definition) is 2. The van der Waals surface area contributed by atoms with Gasteiger partial charge < -0.3 is 10.2 Å². The molecule has 0 aliphatic carbocycles. The highest BCUT2D eigenvalue weighted by atomic mass is 16.3. The Morgan fingerprint density at radius 1 is 1.27 bits per heavy atom. The molecule has 0 fully saturated rings. The Balaban J connectivity index is 2.11. The van der Waals surface area contributed by atoms with Crippen molar-refractivity contribution >= 4 is 0 Å². The number of likely N-dealkylation sites (N-methyl/N-ethyl adjacent to an activating group) is 1. The van der Waals surface area contributed by atoms with Crippen LogP contribution in [0.3, 0.4) is 0 Å². The molecule has 2 aromatic heterocycles. The van der Waals surface area contributed by atoms with Crippen molar-refractivity contribution in [1.82, 2.24) is 14.9 Å². The fraction of sp³-hybridized carbons (Fsp3) is 0.412. The van der Waals surface area contributed by atoms with Gasteiger partial charge in [-0.1, -0.05) is 6.07 Å². The van der Waals surface area contributed by atoms with Gasteiger partial charge in [-0.05, 0) is 33.0 Å². The lowest BCUT2D eigenvalue weighted by Crippen LogP contribution is -2.31. The van der Waals surface area contributed by atoms with Crippen LogP contribution < -0.4 is 0 Å². The number of aliphatic hydroxyl groups excluding tert-OH is 1. The van der Waals surface area contributed by atoms with Crippen LogP contribution in [0.5, 0.6) is 5.75 Å². The molecule has 118 valence electrons. The predicted octanol–water partition coefficient (Wildman–Crippen LogP) is 2.05. The number of aryl methyl sites for hydroxylation is 1. The zero-order valence-electron chi connectivity index (χ0n) is 13.3. The highest BCUT2D eigenvalue weighted by Gasteiger charge is 2.17. The number of rotatable bonds is 6. The smallest absolute Gasteiger partial charge is 0.141 e. The highest BCUT2D eigenvalue weighted by Crippen LogP contribution is 2.25. The van der Waals surface area contributed by atoms with Crippen molar-refractivity contribution in [2.75, 3.05) is 7.05 Å². The summed E-state index contributed by atoms with van der Waals surface area (Å²) < 4.78 is 0. The van der Waals surface area contributed by atoms with Crippen LogP contribution in [0.2, 0.25) is 0 Å². The average Bonchev–Trinajstić information content (AvgIpc) is 2.53. The van der Waals surface area contributed by atoms with Crippen molar-refractivity contribution in [2.45, 2.75) is 39.5 Å². The van der Waals surface area contributed by atoms with E-state index in [2.05, 4.69) is 21.8 Å². The molecule has 2 N–H and O–H groups in total. The molecule has 0 spiro atoms. The van der Waals surface area contributed by atoms with E-state index in [-0.39, 0.29) is 18.4 Å². The molecule has 22 heavy (non-hydrogen) atoms. The Bertz CT molecular complexity index is 617. The third-order valence-corrected chi connectivity index (χ3v) is 3.99. The first-order valence-electron chi connectivity index (χ1n) is 7.40. The molecular weight excluding hydrogens is 278 g/mol. The van der Waals surface area contributed by atoms with Gasteiger partial charge in [0.05, 0.1) is 12.3 Å². The summed E-state index contributed by atoms with van der Waals surface area (Å²) in [6.45, 7) is 4.31. The van der Waals surface area contributed by atoms with E-state index in [1.54, 1.807) is 19.3 Å². The molecule has 0 aliphatic rings. The van der Waals surface area contributed by atoms with Crippen LogP contribution in [0, 0.1) is 6.92 Å². The predicted molar refractivity (Wildman–Crippen MR) is 85.4 cm³/mol. The summed E-state index contributed by atoms with van der Waals surface area (Å²) in [4.78, 5) is 10.6. The molecule has 0 amide bonds. The standard InChI is InChI=1S/C17H23N3O2/c1-12(8-15-6-4-5-7-18-15)20(3)10-16-14(11-21)9-19-13(2)17(16)22/h4-7,9,12,21-22H,8,10-11H2,1-3H3. The molecule has 1 atom stereocenters. The van der Waals surface area contributed by atoms with Gasteiger partial charge in [0, 0.05) is 48.2 Å². The number of aliphatic hydroxyl groups is 1. The van der Waals surface area contributed by atoms with Crippen molar-refractivity contribution in [1.29, 1.82) is 0 Å². The zero-order valence-corrected chi connectivity index (χ0v) is 13.3. The number of pyridine rings is 2. The van der Waals surface area contributed by atoms with E-state index in [9.17, 15) is 10.2 Å². The Morgan fingerprint density at radius 2 is 2.05 bits per heavy atom. The van der Waals surface area contributed by atoms with Crippen LogP contribution in [-0.2, 0) is 19.6 Å². The van der Waals surface area contributed by atoms with Crippen LogP contribution >= 0.6 is 0 Å². The Kier molecular flexibility index (Phi) is 5.46. The number of nitrogens with zero attached hydrogens (tertiary/aromatic N) is 3. The van der Waals surface area contributed by atoms with Crippen LogP contribution in [0.4, 0.5) is 0 Å². The SMILES string of the molecule is Cc1ncc(CO)c(CN(C)C(C)Cc2ccccn2)c1O. The van der Waals surface area contributed by atoms with Crippen molar-refractivity contribution in [2.24, 2.45) is 0 Å². The maximum absolute atomic E-state index is 10.2. The highest BCUT2D eigenvalue weighted by molar-refractivity contribution is 5.40. The summed E-state index contributed by atoms with van der Waals surface area (Å²) in [6, 6.07) is 6.16. The van der Waals surface area contributed by atoms with Gasteiger partial charge in [0.2, 0.25) is 0 Å². The molecule has 2 rings (SSSR count). The molecule has 0 aromatic carbocycles. The van der Waals surface area contributed by atoms with Crippen molar-refractivity contribution in [3.63, 3.8) is 0 Å². The largest absolute Gasteiger partial charge is 0.506 e. The van der Waals surface area contributed by atoms with Gasteiger partial charge in [-0.2, -0.15) is 0 Å². The second-order valence-corrected chi connectivity index (χ2v) is 5.64. The van der Waals surface area contributed by atoms with Crippen LogP contribution in [0.1, 0.15) is 29.4 Å². The van der Waals surface area contributed by atoms with Gasteiger partial charge in [0.15, 0.2) is 0 Å². The van der Waals surface area contributed by atoms with E-state index in [0.29, 0.717) is 17.8 Å². The van der Waals surface area contributed by atoms with E-state index in [1.807, 2.05) is 25.2 Å². The third-order valence-electron chi connectivity index (χ3n) is 3.99. The normalized spacial score (nSPS) is 12.6. The first-order valence-corrected chi connectivity index (χ1v) is 7.40. The molecule has 5 nitrogen and oxygen atoms in total. The zero-order chi connectivity index (χ0) is 16.1. The lowest BCUT2D eigenvalue weighted by Gasteiger charge is -2.26. The molecular formula is C17H23N3O2. The summed E-state index contributed by atoms with van der Waals surface area (Å²) in [5.74, 6) is 0.170. The minimum atomic E-state index is -0.126. The van der Waals surface area contributed by atoms with Gasteiger partial charge >= 0.3 is 0 Å². The molecule has 0 saturated carbocycles. The summed E-state index contributed by atoms with van der Waals surface area (Å²) >= 11 is 0. The van der Waals surface area contributed by atoms with Crippen LogP contribution in [-0.4, -0.2) is 38.2 Å². The van der Waals surface area contributed by atoms with Gasteiger partial charge in [0.25, 0.3) is 0 Å². The van der Waals surface area contributed by atoms with E-state index < -0.39 is 0 Å². The van der Waals surface area contributed by atoms with Gasteiger partial charge in [-0.15, -0.1) is 0 Å². The first-order chi connectivity index (χ1) is 10.5. The van der Waals surface area contributed by atoms with E-state index >= 15 is 0 Å². The Hall–Kier alpha value is -1.98. The molecule has 5 heteroatoms. The maximum Gasteiger partial charge on any atom is 0.141 e. The topological polar surface area (TPSA) is 69.5 Å². The monoisotopic (exact) mass is 301 g/mol. The number of aromatic nitrogens is 2. The lowest BCUT2D eigenvalue weighted by atomic mass is 10.1. The molecule has 2 heterocycles. The van der Waals surface area contributed by atoms with Crippen LogP contribution in [0.15, 0.2) is 30.6 Å². The van der Waals surface area contributed by atoms with Crippen molar-refractivity contribution in [3.05, 3.63) is 53.1 Å². The summed E-state index contributed by atoms with van der Waals surface area (Å²) in [5, 5.41) is 19.7. The summed E-state index contributed by atoms with van der Waals surface area (Å²) in [5.41, 5.74) is 3.03. The molecule has 0 bridgehead atoms. The third kappa shape index (κ3) is 3.81. The first kappa shape index (κ1) is 16.4. The molecule has 1 unspecified atom stereocenters. The van der Waals surface area contributed by atoms with E-state index in [0.717, 1.165) is 17.7 Å². The Labute approximate surface area is 131 Å². The minimum Gasteiger partial charge on any atom is -0.506 e. The minimum absolute atomic E-state index is 0.126. The fourth-order valence-electron chi connectivity index (χ4n) is 2.38. The van der Waals surface area contributed by atoms with E-state index in [1.165, 1.54) is 0 Å². The molecule has 0 radical (unpaired) electrons.